The number of benzene rings is 1. The molecular formula is C21H29N5O2S. The van der Waals surface area contributed by atoms with E-state index in [-0.39, 0.29) is 11.2 Å². The first kappa shape index (κ1) is 20.2. The monoisotopic (exact) mass is 415 g/mol. The maximum Gasteiger partial charge on any atom is 0.233 e. The van der Waals surface area contributed by atoms with E-state index < -0.39 is 0 Å². The third-order valence-corrected chi connectivity index (χ3v) is 6.57. The van der Waals surface area contributed by atoms with Gasteiger partial charge >= 0.3 is 0 Å². The lowest BCUT2D eigenvalue weighted by molar-refractivity contribution is -0.121. The summed E-state index contributed by atoms with van der Waals surface area (Å²) in [6, 6.07) is 10.4. The first-order valence-corrected chi connectivity index (χ1v) is 11.4. The summed E-state index contributed by atoms with van der Waals surface area (Å²) in [7, 11) is 0. The number of carbonyl (C=O) groups excluding carboxylic acids is 1. The molecule has 1 aromatic carbocycles. The molecule has 7 nitrogen and oxygen atoms in total. The Bertz CT molecular complexity index is 801. The third-order valence-electron chi connectivity index (χ3n) is 5.53. The molecule has 8 heteroatoms. The number of nitrogens with zero attached hydrogens (tertiary/aromatic N) is 4. The Morgan fingerprint density at radius 1 is 1.14 bits per heavy atom. The Hall–Kier alpha value is -2.06. The number of rotatable bonds is 6. The summed E-state index contributed by atoms with van der Waals surface area (Å²) in [5.41, 5.74) is 1.00. The van der Waals surface area contributed by atoms with Gasteiger partial charge in [-0.25, -0.2) is 0 Å². The van der Waals surface area contributed by atoms with Gasteiger partial charge in [-0.2, -0.15) is 0 Å². The minimum atomic E-state index is -0.235. The molecule has 0 spiro atoms. The first-order valence-electron chi connectivity index (χ1n) is 10.5. The second-order valence-electron chi connectivity index (χ2n) is 7.66. The van der Waals surface area contributed by atoms with Crippen LogP contribution < -0.4 is 10.2 Å². The Labute approximate surface area is 176 Å². The summed E-state index contributed by atoms with van der Waals surface area (Å²) in [6.45, 7) is 4.89. The largest absolute Gasteiger partial charge is 0.378 e. The minimum Gasteiger partial charge on any atom is -0.378 e. The van der Waals surface area contributed by atoms with Crippen molar-refractivity contribution in [2.45, 2.75) is 55.5 Å². The van der Waals surface area contributed by atoms with Gasteiger partial charge < -0.3 is 15.0 Å². The number of anilines is 1. The van der Waals surface area contributed by atoms with Gasteiger partial charge in [0.05, 0.1) is 24.2 Å². The van der Waals surface area contributed by atoms with Gasteiger partial charge in [0.15, 0.2) is 5.16 Å². The Kier molecular flexibility index (Phi) is 6.71. The van der Waals surface area contributed by atoms with Crippen molar-refractivity contribution in [1.29, 1.82) is 0 Å². The van der Waals surface area contributed by atoms with Crippen LogP contribution in [0.4, 0.5) is 5.95 Å². The van der Waals surface area contributed by atoms with Gasteiger partial charge in [0.2, 0.25) is 11.9 Å². The zero-order valence-electron chi connectivity index (χ0n) is 16.9. The van der Waals surface area contributed by atoms with Crippen LogP contribution in [0.15, 0.2) is 35.5 Å². The lowest BCUT2D eigenvalue weighted by Crippen LogP contribution is -2.40. The first-order chi connectivity index (χ1) is 14.2. The fraction of sp³-hybridized carbons (Fsp3) is 0.571. The number of para-hydroxylation sites is 1. The number of hydrogen-bond donors (Lipinski definition) is 1. The Balaban J connectivity index is 1.53. The van der Waals surface area contributed by atoms with Crippen molar-refractivity contribution in [2.75, 3.05) is 31.2 Å². The fourth-order valence-electron chi connectivity index (χ4n) is 3.89. The molecule has 156 valence electrons. The SMILES string of the molecule is C[C@@H](Sc1nnc(N2CCOCC2)n1-c1ccccc1)C(=O)NC1CCCCC1. The Morgan fingerprint density at radius 3 is 2.59 bits per heavy atom. The fourth-order valence-corrected chi connectivity index (χ4v) is 4.76. The second kappa shape index (κ2) is 9.63. The molecule has 1 N–H and O–H groups in total. The molecule has 1 aliphatic heterocycles. The highest BCUT2D eigenvalue weighted by Gasteiger charge is 2.26. The molecule has 1 saturated carbocycles. The van der Waals surface area contributed by atoms with Crippen LogP contribution in [0.1, 0.15) is 39.0 Å². The molecule has 1 aromatic heterocycles. The molecule has 2 aliphatic rings. The summed E-state index contributed by atoms with van der Waals surface area (Å²) >= 11 is 1.47. The molecule has 0 bridgehead atoms. The summed E-state index contributed by atoms with van der Waals surface area (Å²) in [5.74, 6) is 0.888. The number of carbonyl (C=O) groups is 1. The molecular weight excluding hydrogens is 386 g/mol. The number of nitrogens with one attached hydrogen (secondary N) is 1. The van der Waals surface area contributed by atoms with E-state index in [1.165, 1.54) is 31.0 Å². The van der Waals surface area contributed by atoms with Gasteiger partial charge in [-0.15, -0.1) is 10.2 Å². The highest BCUT2D eigenvalue weighted by Crippen LogP contribution is 2.30. The zero-order valence-corrected chi connectivity index (χ0v) is 17.7. The van der Waals surface area contributed by atoms with Crippen molar-refractivity contribution in [1.82, 2.24) is 20.1 Å². The van der Waals surface area contributed by atoms with Crippen LogP contribution in [-0.2, 0) is 9.53 Å². The molecule has 2 heterocycles. The highest BCUT2D eigenvalue weighted by atomic mass is 32.2. The van der Waals surface area contributed by atoms with Gasteiger partial charge in [0.1, 0.15) is 0 Å². The quantitative estimate of drug-likeness (QED) is 0.731. The standard InChI is InChI=1S/C21H29N5O2S/c1-16(19(27)22-17-8-4-2-5-9-17)29-21-24-23-20(25-12-14-28-15-13-25)26(21)18-10-6-3-7-11-18/h3,6-7,10-11,16-17H,2,4-5,8-9,12-15H2,1H3,(H,22,27)/t16-/m1/s1. The number of hydrogen-bond acceptors (Lipinski definition) is 6. The summed E-state index contributed by atoms with van der Waals surface area (Å²) < 4.78 is 7.54. The average molecular weight is 416 g/mol. The molecule has 0 unspecified atom stereocenters. The lowest BCUT2D eigenvalue weighted by atomic mass is 9.95. The van der Waals surface area contributed by atoms with E-state index in [0.29, 0.717) is 19.3 Å². The summed E-state index contributed by atoms with van der Waals surface area (Å²) in [5, 5.41) is 12.7. The van der Waals surface area contributed by atoms with Gasteiger partial charge in [-0.05, 0) is 31.9 Å². The van der Waals surface area contributed by atoms with E-state index in [4.69, 9.17) is 4.74 Å². The van der Waals surface area contributed by atoms with Crippen molar-refractivity contribution in [2.24, 2.45) is 0 Å². The number of aromatic nitrogens is 3. The minimum absolute atomic E-state index is 0.0810. The molecule has 1 atom stereocenters. The van der Waals surface area contributed by atoms with Crippen LogP contribution in [0.3, 0.4) is 0 Å². The molecule has 1 aliphatic carbocycles. The molecule has 29 heavy (non-hydrogen) atoms. The smallest absolute Gasteiger partial charge is 0.233 e. The third kappa shape index (κ3) is 4.93. The predicted octanol–water partition coefficient (Wildman–Crippen LogP) is 3.03. The highest BCUT2D eigenvalue weighted by molar-refractivity contribution is 8.00. The zero-order chi connectivity index (χ0) is 20.1. The molecule has 1 amide bonds. The normalized spacial score (nSPS) is 19.1. The maximum absolute atomic E-state index is 12.8. The van der Waals surface area contributed by atoms with Crippen molar-refractivity contribution < 1.29 is 9.53 Å². The number of ether oxygens (including phenoxy) is 1. The van der Waals surface area contributed by atoms with Gasteiger partial charge in [0, 0.05) is 19.1 Å². The van der Waals surface area contributed by atoms with Crippen molar-refractivity contribution in [3.8, 4) is 5.69 Å². The molecule has 0 radical (unpaired) electrons. The molecule has 2 fully saturated rings. The summed E-state index contributed by atoms with van der Waals surface area (Å²) in [6.07, 6.45) is 5.87. The molecule has 1 saturated heterocycles. The number of morpholine rings is 1. The van der Waals surface area contributed by atoms with E-state index in [2.05, 4.69) is 25.0 Å². The number of thioether (sulfide) groups is 1. The van der Waals surface area contributed by atoms with E-state index in [9.17, 15) is 4.79 Å². The molecule has 2 aromatic rings. The van der Waals surface area contributed by atoms with E-state index >= 15 is 0 Å². The van der Waals surface area contributed by atoms with E-state index in [1.807, 2.05) is 37.3 Å². The maximum atomic E-state index is 12.8. The van der Waals surface area contributed by atoms with Crippen LogP contribution in [0, 0.1) is 0 Å². The van der Waals surface area contributed by atoms with Crippen LogP contribution in [-0.4, -0.2) is 58.3 Å². The second-order valence-corrected chi connectivity index (χ2v) is 8.96. The van der Waals surface area contributed by atoms with Crippen LogP contribution in [0.2, 0.25) is 0 Å². The average Bonchev–Trinajstić information content (AvgIpc) is 3.19. The molecule has 4 rings (SSSR count). The van der Waals surface area contributed by atoms with E-state index in [1.54, 1.807) is 0 Å². The van der Waals surface area contributed by atoms with Gasteiger partial charge in [0.25, 0.3) is 0 Å². The van der Waals surface area contributed by atoms with Crippen LogP contribution in [0.5, 0.6) is 0 Å². The summed E-state index contributed by atoms with van der Waals surface area (Å²) in [4.78, 5) is 15.0. The predicted molar refractivity (Wildman–Crippen MR) is 115 cm³/mol. The van der Waals surface area contributed by atoms with Crippen LogP contribution >= 0.6 is 11.8 Å². The van der Waals surface area contributed by atoms with Crippen molar-refractivity contribution in [3.05, 3.63) is 30.3 Å². The van der Waals surface area contributed by atoms with Crippen molar-refractivity contribution in [3.63, 3.8) is 0 Å². The van der Waals surface area contributed by atoms with Gasteiger partial charge in [-0.1, -0.05) is 49.2 Å². The van der Waals surface area contributed by atoms with E-state index in [0.717, 1.165) is 42.7 Å². The van der Waals surface area contributed by atoms with Crippen LogP contribution in [0.25, 0.3) is 5.69 Å². The van der Waals surface area contributed by atoms with Gasteiger partial charge in [-0.3, -0.25) is 9.36 Å². The van der Waals surface area contributed by atoms with Crippen molar-refractivity contribution >= 4 is 23.6 Å². The topological polar surface area (TPSA) is 72.3 Å². The lowest BCUT2D eigenvalue weighted by Gasteiger charge is -2.28. The Morgan fingerprint density at radius 2 is 1.86 bits per heavy atom. The number of amides is 1.